The molecule has 0 spiro atoms. The number of imidazole rings is 1. The van der Waals surface area contributed by atoms with E-state index in [-0.39, 0.29) is 5.91 Å². The molecule has 0 aromatic carbocycles. The smallest absolute Gasteiger partial charge is 0.271 e. The maximum absolute atomic E-state index is 12.4. The molecular weight excluding hydrogens is 254 g/mol. The molecule has 6 nitrogen and oxygen atoms in total. The molecule has 2 aromatic heterocycles. The number of aryl methyl sites for hydroxylation is 2. The van der Waals surface area contributed by atoms with Gasteiger partial charge < -0.3 is 9.88 Å². The molecule has 0 bridgehead atoms. The van der Waals surface area contributed by atoms with Gasteiger partial charge in [-0.2, -0.15) is 5.10 Å². The predicted octanol–water partition coefficient (Wildman–Crippen LogP) is 1.77. The van der Waals surface area contributed by atoms with Crippen molar-refractivity contribution in [3.05, 3.63) is 35.2 Å². The van der Waals surface area contributed by atoms with Crippen molar-refractivity contribution >= 4 is 5.91 Å². The van der Waals surface area contributed by atoms with E-state index in [2.05, 4.69) is 26.2 Å². The SMILES string of the molecule is Cc1cc([C@H]2CCCN(C(=O)c3cnc(C)[nH]3)C2)n[nH]1. The number of aromatic nitrogens is 4. The molecule has 0 unspecified atom stereocenters. The number of likely N-dealkylation sites (tertiary alicyclic amines) is 1. The van der Waals surface area contributed by atoms with Crippen LogP contribution in [0.15, 0.2) is 12.3 Å². The number of rotatable bonds is 2. The number of hydrogen-bond donors (Lipinski definition) is 2. The minimum absolute atomic E-state index is 0.0301. The second kappa shape index (κ2) is 5.11. The Morgan fingerprint density at radius 2 is 2.30 bits per heavy atom. The van der Waals surface area contributed by atoms with Gasteiger partial charge in [0.25, 0.3) is 5.91 Å². The number of nitrogens with zero attached hydrogens (tertiary/aromatic N) is 3. The first-order valence-corrected chi connectivity index (χ1v) is 6.96. The Bertz CT molecular complexity index is 615. The zero-order chi connectivity index (χ0) is 14.1. The van der Waals surface area contributed by atoms with Gasteiger partial charge in [0.05, 0.1) is 11.9 Å². The molecule has 1 aliphatic rings. The van der Waals surface area contributed by atoms with Crippen LogP contribution < -0.4 is 0 Å². The fourth-order valence-corrected chi connectivity index (χ4v) is 2.75. The topological polar surface area (TPSA) is 77.7 Å². The zero-order valence-electron chi connectivity index (χ0n) is 11.8. The number of carbonyl (C=O) groups is 1. The van der Waals surface area contributed by atoms with Crippen LogP contribution in [-0.2, 0) is 0 Å². The van der Waals surface area contributed by atoms with E-state index >= 15 is 0 Å². The van der Waals surface area contributed by atoms with Crippen LogP contribution in [0.3, 0.4) is 0 Å². The van der Waals surface area contributed by atoms with Crippen LogP contribution in [0.4, 0.5) is 0 Å². The molecule has 0 saturated carbocycles. The number of nitrogens with one attached hydrogen (secondary N) is 2. The highest BCUT2D eigenvalue weighted by molar-refractivity contribution is 5.92. The van der Waals surface area contributed by atoms with E-state index in [1.54, 1.807) is 6.20 Å². The van der Waals surface area contributed by atoms with Crippen molar-refractivity contribution < 1.29 is 4.79 Å². The zero-order valence-corrected chi connectivity index (χ0v) is 11.8. The molecule has 0 aliphatic carbocycles. The predicted molar refractivity (Wildman–Crippen MR) is 74.5 cm³/mol. The van der Waals surface area contributed by atoms with Crippen molar-refractivity contribution in [2.45, 2.75) is 32.6 Å². The highest BCUT2D eigenvalue weighted by atomic mass is 16.2. The van der Waals surface area contributed by atoms with Crippen molar-refractivity contribution in [2.75, 3.05) is 13.1 Å². The highest BCUT2D eigenvalue weighted by Gasteiger charge is 2.27. The number of amides is 1. The molecule has 0 radical (unpaired) electrons. The molecule has 1 amide bonds. The molecule has 1 aliphatic heterocycles. The Morgan fingerprint density at radius 3 is 2.95 bits per heavy atom. The summed E-state index contributed by atoms with van der Waals surface area (Å²) in [6, 6.07) is 2.07. The van der Waals surface area contributed by atoms with Gasteiger partial charge >= 0.3 is 0 Å². The standard InChI is InChI=1S/C14H19N5O/c1-9-6-12(18-17-9)11-4-3-5-19(8-11)14(20)13-7-15-10(2)16-13/h6-7,11H,3-5,8H2,1-2H3,(H,15,16)(H,17,18)/t11-/m0/s1. The van der Waals surface area contributed by atoms with Crippen molar-refractivity contribution in [1.29, 1.82) is 0 Å². The number of piperidine rings is 1. The fraction of sp³-hybridized carbons (Fsp3) is 0.500. The van der Waals surface area contributed by atoms with E-state index in [1.807, 2.05) is 18.7 Å². The Labute approximate surface area is 117 Å². The third-order valence-electron chi connectivity index (χ3n) is 3.79. The molecule has 3 heterocycles. The number of hydrogen-bond acceptors (Lipinski definition) is 3. The molecular formula is C14H19N5O. The van der Waals surface area contributed by atoms with E-state index in [1.165, 1.54) is 0 Å². The number of carbonyl (C=O) groups excluding carboxylic acids is 1. The van der Waals surface area contributed by atoms with Gasteiger partial charge in [-0.3, -0.25) is 9.89 Å². The lowest BCUT2D eigenvalue weighted by Crippen LogP contribution is -2.39. The Morgan fingerprint density at radius 1 is 1.45 bits per heavy atom. The highest BCUT2D eigenvalue weighted by Crippen LogP contribution is 2.26. The molecule has 2 N–H and O–H groups in total. The minimum atomic E-state index is 0.0301. The average molecular weight is 273 g/mol. The molecule has 6 heteroatoms. The molecule has 2 aromatic rings. The number of aromatic amines is 2. The van der Waals surface area contributed by atoms with Crippen molar-refractivity contribution in [3.8, 4) is 0 Å². The van der Waals surface area contributed by atoms with Crippen LogP contribution in [0, 0.1) is 13.8 Å². The van der Waals surface area contributed by atoms with E-state index in [4.69, 9.17) is 0 Å². The third-order valence-corrected chi connectivity index (χ3v) is 3.79. The van der Waals surface area contributed by atoms with Crippen LogP contribution in [0.1, 0.15) is 46.5 Å². The van der Waals surface area contributed by atoms with E-state index in [0.29, 0.717) is 11.6 Å². The summed E-state index contributed by atoms with van der Waals surface area (Å²) in [5, 5.41) is 7.30. The fourth-order valence-electron chi connectivity index (χ4n) is 2.75. The second-order valence-corrected chi connectivity index (χ2v) is 5.45. The maximum Gasteiger partial charge on any atom is 0.271 e. The van der Waals surface area contributed by atoms with E-state index in [9.17, 15) is 4.79 Å². The summed E-state index contributed by atoms with van der Waals surface area (Å²) in [5.74, 6) is 1.12. The quantitative estimate of drug-likeness (QED) is 0.875. The van der Waals surface area contributed by atoms with Gasteiger partial charge in [0, 0.05) is 24.7 Å². The van der Waals surface area contributed by atoms with Gasteiger partial charge in [0.15, 0.2) is 0 Å². The first-order chi connectivity index (χ1) is 9.63. The molecule has 1 fully saturated rings. The molecule has 1 saturated heterocycles. The Hall–Kier alpha value is -2.11. The van der Waals surface area contributed by atoms with Crippen molar-refractivity contribution in [2.24, 2.45) is 0 Å². The van der Waals surface area contributed by atoms with Crippen LogP contribution in [0.5, 0.6) is 0 Å². The lowest BCUT2D eigenvalue weighted by molar-refractivity contribution is 0.0700. The van der Waals surface area contributed by atoms with Crippen molar-refractivity contribution in [1.82, 2.24) is 25.1 Å². The van der Waals surface area contributed by atoms with Crippen LogP contribution in [-0.4, -0.2) is 44.1 Å². The molecule has 106 valence electrons. The molecule has 3 rings (SSSR count). The van der Waals surface area contributed by atoms with Crippen LogP contribution in [0.25, 0.3) is 0 Å². The normalized spacial score (nSPS) is 19.3. The first-order valence-electron chi connectivity index (χ1n) is 6.96. The number of H-pyrrole nitrogens is 2. The summed E-state index contributed by atoms with van der Waals surface area (Å²) in [4.78, 5) is 21.4. The van der Waals surface area contributed by atoms with Gasteiger partial charge in [-0.05, 0) is 32.8 Å². The largest absolute Gasteiger partial charge is 0.338 e. The molecule has 20 heavy (non-hydrogen) atoms. The van der Waals surface area contributed by atoms with Gasteiger partial charge in [-0.25, -0.2) is 4.98 Å². The minimum Gasteiger partial charge on any atom is -0.338 e. The average Bonchev–Trinajstić information content (AvgIpc) is 3.07. The van der Waals surface area contributed by atoms with Crippen LogP contribution in [0.2, 0.25) is 0 Å². The Balaban J connectivity index is 1.73. The summed E-state index contributed by atoms with van der Waals surface area (Å²) in [5.41, 5.74) is 2.69. The van der Waals surface area contributed by atoms with Crippen molar-refractivity contribution in [3.63, 3.8) is 0 Å². The summed E-state index contributed by atoms with van der Waals surface area (Å²) in [6.45, 7) is 5.37. The summed E-state index contributed by atoms with van der Waals surface area (Å²) < 4.78 is 0. The summed E-state index contributed by atoms with van der Waals surface area (Å²) in [7, 11) is 0. The lowest BCUT2D eigenvalue weighted by Gasteiger charge is -2.31. The van der Waals surface area contributed by atoms with Gasteiger partial charge in [-0.15, -0.1) is 0 Å². The van der Waals surface area contributed by atoms with Gasteiger partial charge in [0.2, 0.25) is 0 Å². The van der Waals surface area contributed by atoms with Gasteiger partial charge in [-0.1, -0.05) is 0 Å². The summed E-state index contributed by atoms with van der Waals surface area (Å²) >= 11 is 0. The monoisotopic (exact) mass is 273 g/mol. The maximum atomic E-state index is 12.4. The lowest BCUT2D eigenvalue weighted by atomic mass is 9.94. The summed E-state index contributed by atoms with van der Waals surface area (Å²) in [6.07, 6.45) is 3.70. The van der Waals surface area contributed by atoms with E-state index < -0.39 is 0 Å². The Kier molecular flexibility index (Phi) is 3.30. The first kappa shape index (κ1) is 12.9. The second-order valence-electron chi connectivity index (χ2n) is 5.45. The third kappa shape index (κ3) is 2.45. The molecule has 1 atom stereocenters. The van der Waals surface area contributed by atoms with Crippen LogP contribution >= 0.6 is 0 Å². The van der Waals surface area contributed by atoms with Gasteiger partial charge in [0.1, 0.15) is 11.5 Å². The van der Waals surface area contributed by atoms with E-state index in [0.717, 1.165) is 43.1 Å².